The molecule has 0 bridgehead atoms. The number of benzene rings is 2. The molecule has 0 amide bonds. The first-order valence-corrected chi connectivity index (χ1v) is 15.1. The van der Waals surface area contributed by atoms with Gasteiger partial charge >= 0.3 is 0 Å². The fourth-order valence-corrected chi connectivity index (χ4v) is 6.96. The summed E-state index contributed by atoms with van der Waals surface area (Å²) in [4.78, 5) is 45.5. The van der Waals surface area contributed by atoms with E-state index in [0.717, 1.165) is 13.1 Å². The predicted octanol–water partition coefficient (Wildman–Crippen LogP) is 0.256. The van der Waals surface area contributed by atoms with Gasteiger partial charge < -0.3 is 45.3 Å². The molecule has 4 unspecified atom stereocenters. The summed E-state index contributed by atoms with van der Waals surface area (Å²) < 4.78 is 17.4. The first kappa shape index (κ1) is 31.5. The predicted molar refractivity (Wildman–Crippen MR) is 159 cm³/mol. The number of rotatable bonds is 6. The van der Waals surface area contributed by atoms with Crippen molar-refractivity contribution in [3.63, 3.8) is 0 Å². The Balaban J connectivity index is 1.44. The summed E-state index contributed by atoms with van der Waals surface area (Å²) in [6.45, 7) is 4.34. The van der Waals surface area contributed by atoms with Crippen LogP contribution in [0.25, 0.3) is 0 Å². The van der Waals surface area contributed by atoms with Gasteiger partial charge in [-0.3, -0.25) is 19.3 Å². The Morgan fingerprint density at radius 3 is 2.44 bits per heavy atom. The zero-order chi connectivity index (χ0) is 32.4. The van der Waals surface area contributed by atoms with Gasteiger partial charge in [-0.15, -0.1) is 0 Å². The Bertz CT molecular complexity index is 1540. The van der Waals surface area contributed by atoms with Crippen LogP contribution in [0.3, 0.4) is 0 Å². The molecule has 242 valence electrons. The van der Waals surface area contributed by atoms with E-state index in [4.69, 9.17) is 19.9 Å². The summed E-state index contributed by atoms with van der Waals surface area (Å²) >= 11 is 0. The maximum Gasteiger partial charge on any atom is 0.202 e. The van der Waals surface area contributed by atoms with Gasteiger partial charge in [-0.1, -0.05) is 12.1 Å². The first-order chi connectivity index (χ1) is 21.3. The van der Waals surface area contributed by atoms with Gasteiger partial charge in [0.25, 0.3) is 0 Å². The molecule has 2 heterocycles. The van der Waals surface area contributed by atoms with Crippen LogP contribution >= 0.6 is 0 Å². The van der Waals surface area contributed by atoms with Crippen molar-refractivity contribution in [2.45, 2.75) is 62.4 Å². The van der Waals surface area contributed by atoms with Gasteiger partial charge in [0, 0.05) is 68.2 Å². The second-order valence-electron chi connectivity index (χ2n) is 12.6. The number of likely N-dealkylation sites (N-methyl/N-ethyl adjacent to an activating group) is 1. The Kier molecular flexibility index (Phi) is 8.23. The number of nitrogens with zero attached hydrogens (tertiary/aromatic N) is 2. The van der Waals surface area contributed by atoms with Crippen LogP contribution in [-0.4, -0.2) is 125 Å². The third kappa shape index (κ3) is 5.31. The number of methoxy groups -OCH3 is 1. The molecule has 6 N–H and O–H groups in total. The van der Waals surface area contributed by atoms with Crippen LogP contribution in [0.15, 0.2) is 18.2 Å². The van der Waals surface area contributed by atoms with Crippen LogP contribution in [0, 0.1) is 0 Å². The molecule has 6 rings (SSSR count). The summed E-state index contributed by atoms with van der Waals surface area (Å²) in [6, 6.07) is 3.78. The summed E-state index contributed by atoms with van der Waals surface area (Å²) in [5.41, 5.74) is 3.07. The Hall–Kier alpha value is -3.43. The van der Waals surface area contributed by atoms with Gasteiger partial charge in [0.1, 0.15) is 22.8 Å². The normalized spacial score (nSPS) is 30.4. The molecule has 13 nitrogen and oxygen atoms in total. The lowest BCUT2D eigenvalue weighted by Gasteiger charge is -2.43. The highest BCUT2D eigenvalue weighted by atomic mass is 16.7. The van der Waals surface area contributed by atoms with Crippen LogP contribution in [-0.2, 0) is 20.7 Å². The van der Waals surface area contributed by atoms with Gasteiger partial charge in [0.2, 0.25) is 5.78 Å². The number of hydrogen-bond donors (Lipinski definition) is 5. The third-order valence-electron chi connectivity index (χ3n) is 9.62. The fourth-order valence-electron chi connectivity index (χ4n) is 6.96. The quantitative estimate of drug-likeness (QED) is 0.235. The van der Waals surface area contributed by atoms with Gasteiger partial charge in [0.15, 0.2) is 17.9 Å². The Morgan fingerprint density at radius 2 is 1.78 bits per heavy atom. The number of fused-ring (bicyclic) bond motifs is 3. The van der Waals surface area contributed by atoms with E-state index in [-0.39, 0.29) is 47.4 Å². The van der Waals surface area contributed by atoms with Crippen molar-refractivity contribution in [2.24, 2.45) is 5.73 Å². The smallest absolute Gasteiger partial charge is 0.202 e. The minimum Gasteiger partial charge on any atom is -0.507 e. The number of ketones is 3. The molecule has 13 heteroatoms. The van der Waals surface area contributed by atoms with E-state index in [1.807, 2.05) is 11.9 Å². The lowest BCUT2D eigenvalue weighted by molar-refractivity contribution is -0.247. The molecule has 0 radical (unpaired) electrons. The van der Waals surface area contributed by atoms with Crippen molar-refractivity contribution in [3.05, 3.63) is 51.6 Å². The average Bonchev–Trinajstić information content (AvgIpc) is 3.00. The molecule has 4 aliphatic rings. The van der Waals surface area contributed by atoms with Crippen LogP contribution in [0.2, 0.25) is 0 Å². The number of carbonyl (C=O) groups excluding carboxylic acids is 3. The topological polar surface area (TPSA) is 192 Å². The lowest BCUT2D eigenvalue weighted by atomic mass is 9.71. The highest BCUT2D eigenvalue weighted by Crippen LogP contribution is 2.52. The zero-order valence-corrected chi connectivity index (χ0v) is 25.5. The molecule has 0 saturated carbocycles. The number of Topliss-reactive ketones (excluding diaryl/α,β-unsaturated/α-hetero) is 1. The van der Waals surface area contributed by atoms with E-state index >= 15 is 0 Å². The van der Waals surface area contributed by atoms with Crippen molar-refractivity contribution in [1.29, 1.82) is 0 Å². The number of phenols is 2. The van der Waals surface area contributed by atoms with Gasteiger partial charge in [0.05, 0.1) is 48.7 Å². The van der Waals surface area contributed by atoms with E-state index in [0.29, 0.717) is 13.1 Å². The molecule has 2 aliphatic carbocycles. The Labute approximate surface area is 260 Å². The van der Waals surface area contributed by atoms with Crippen molar-refractivity contribution in [1.82, 2.24) is 9.80 Å². The monoisotopic (exact) mass is 625 g/mol. The van der Waals surface area contributed by atoms with Gasteiger partial charge in [-0.25, -0.2) is 0 Å². The SMILES string of the molecule is COc1cccc2c1C(=O)c1c(O)c3c(c(O)c1C2=O)C[C@@](O)(C(=O)CN1CCN(C)CC1)C[C@@H]3OC1CC(N)C(O)C(C)O1. The van der Waals surface area contributed by atoms with E-state index in [1.54, 1.807) is 6.92 Å². The molecule has 2 fully saturated rings. The maximum atomic E-state index is 13.9. The van der Waals surface area contributed by atoms with E-state index in [9.17, 15) is 34.8 Å². The number of aromatic hydroxyl groups is 2. The molecule has 2 saturated heterocycles. The van der Waals surface area contributed by atoms with E-state index < -0.39 is 82.6 Å². The second-order valence-corrected chi connectivity index (χ2v) is 12.6. The number of aliphatic hydroxyl groups is 2. The molecule has 2 aromatic rings. The summed E-state index contributed by atoms with van der Waals surface area (Å²) in [7, 11) is 3.34. The number of hydrogen-bond acceptors (Lipinski definition) is 13. The summed E-state index contributed by atoms with van der Waals surface area (Å²) in [6.07, 6.45) is -4.61. The maximum absolute atomic E-state index is 13.9. The molecule has 6 atom stereocenters. The third-order valence-corrected chi connectivity index (χ3v) is 9.62. The van der Waals surface area contributed by atoms with Crippen LogP contribution in [0.5, 0.6) is 17.2 Å². The molecular weight excluding hydrogens is 586 g/mol. The number of carbonyl (C=O) groups is 3. The minimum atomic E-state index is -2.05. The number of ether oxygens (including phenoxy) is 3. The van der Waals surface area contributed by atoms with Crippen LogP contribution in [0.1, 0.15) is 68.8 Å². The number of phenolic OH excluding ortho intramolecular Hbond substituents is 2. The van der Waals surface area contributed by atoms with Gasteiger partial charge in [-0.2, -0.15) is 0 Å². The number of aliphatic hydroxyl groups excluding tert-OH is 1. The van der Waals surface area contributed by atoms with Crippen molar-refractivity contribution in [3.8, 4) is 17.2 Å². The number of nitrogens with two attached hydrogens (primary N) is 1. The molecule has 0 spiro atoms. The highest BCUT2D eigenvalue weighted by molar-refractivity contribution is 6.31. The standard InChI is InChI=1S/C32H39N3O10/c1-15-27(37)18(33)11-22(44-15)45-20-13-32(42,21(36)14-35-9-7-34(2)8-10-35)12-17-24(20)31(41)26-25(29(17)39)28(38)16-5-4-6-19(43-3)23(16)30(26)40/h4-6,15,18,20,22,27,37,39,41-42H,7-14,33H2,1-3H3/t15?,18?,20-,22?,27?,32-/m0/s1. The molecular formula is C32H39N3O10. The minimum absolute atomic E-state index is 0.0105. The van der Waals surface area contributed by atoms with Crippen LogP contribution < -0.4 is 10.5 Å². The zero-order valence-electron chi connectivity index (χ0n) is 25.5. The molecule has 45 heavy (non-hydrogen) atoms. The second kappa shape index (κ2) is 11.7. The average molecular weight is 626 g/mol. The molecule has 2 aliphatic heterocycles. The van der Waals surface area contributed by atoms with Crippen molar-refractivity contribution >= 4 is 17.3 Å². The lowest BCUT2D eigenvalue weighted by Crippen LogP contribution is -2.54. The summed E-state index contributed by atoms with van der Waals surface area (Å²) in [5, 5.41) is 45.6. The van der Waals surface area contributed by atoms with Crippen molar-refractivity contribution < 1.29 is 49.0 Å². The first-order valence-electron chi connectivity index (χ1n) is 15.1. The number of piperazine rings is 1. The Morgan fingerprint density at radius 1 is 1.09 bits per heavy atom. The highest BCUT2D eigenvalue weighted by Gasteiger charge is 2.50. The largest absolute Gasteiger partial charge is 0.507 e. The molecule has 2 aromatic carbocycles. The van der Waals surface area contributed by atoms with Crippen molar-refractivity contribution in [2.75, 3.05) is 46.9 Å². The van der Waals surface area contributed by atoms with E-state index in [2.05, 4.69) is 4.90 Å². The van der Waals surface area contributed by atoms with Crippen LogP contribution in [0.4, 0.5) is 0 Å². The fraction of sp³-hybridized carbons (Fsp3) is 0.531. The molecule has 0 aromatic heterocycles. The summed E-state index contributed by atoms with van der Waals surface area (Å²) in [5.74, 6) is -3.04. The van der Waals surface area contributed by atoms with Gasteiger partial charge in [-0.05, 0) is 20.0 Å². The van der Waals surface area contributed by atoms with E-state index in [1.165, 1.54) is 25.3 Å².